The average Bonchev–Trinajstić information content (AvgIpc) is 2.76. The van der Waals surface area contributed by atoms with E-state index in [4.69, 9.17) is 10.5 Å². The van der Waals surface area contributed by atoms with Gasteiger partial charge in [0.25, 0.3) is 0 Å². The molecule has 1 aliphatic carbocycles. The molecule has 3 rings (SSSR count). The van der Waals surface area contributed by atoms with E-state index in [2.05, 4.69) is 6.07 Å². The number of carbonyl (C=O) groups excluding carboxylic acids is 1. The number of carbonyl (C=O) groups is 1. The lowest BCUT2D eigenvalue weighted by Gasteiger charge is -2.06. The van der Waals surface area contributed by atoms with Crippen LogP contribution in [-0.2, 0) is 16.0 Å². The zero-order valence-corrected chi connectivity index (χ0v) is 10.1. The fraction of sp³-hybridized carbons (Fsp3) is 0.133. The summed E-state index contributed by atoms with van der Waals surface area (Å²) in [5.41, 5.74) is 9.29. The summed E-state index contributed by atoms with van der Waals surface area (Å²) in [5, 5.41) is 2.22. The highest BCUT2D eigenvalue weighted by molar-refractivity contribution is 6.06. The molecule has 3 heteroatoms. The van der Waals surface area contributed by atoms with Crippen molar-refractivity contribution in [2.24, 2.45) is 5.73 Å². The van der Waals surface area contributed by atoms with Gasteiger partial charge in [0.05, 0.1) is 18.4 Å². The van der Waals surface area contributed by atoms with Crippen molar-refractivity contribution in [2.75, 3.05) is 7.11 Å². The van der Waals surface area contributed by atoms with Crippen molar-refractivity contribution in [3.8, 4) is 0 Å². The second kappa shape index (κ2) is 3.88. The van der Waals surface area contributed by atoms with E-state index >= 15 is 0 Å². The highest BCUT2D eigenvalue weighted by atomic mass is 16.5. The third-order valence-electron chi connectivity index (χ3n) is 3.41. The van der Waals surface area contributed by atoms with Crippen LogP contribution < -0.4 is 5.73 Å². The number of benzene rings is 2. The Labute approximate surface area is 105 Å². The van der Waals surface area contributed by atoms with E-state index in [1.807, 2.05) is 30.3 Å². The van der Waals surface area contributed by atoms with E-state index in [0.29, 0.717) is 17.7 Å². The minimum absolute atomic E-state index is 0.340. The molecule has 0 fully saturated rings. The summed E-state index contributed by atoms with van der Waals surface area (Å²) < 4.78 is 4.77. The van der Waals surface area contributed by atoms with Gasteiger partial charge in [-0.15, -0.1) is 0 Å². The van der Waals surface area contributed by atoms with E-state index in [-0.39, 0.29) is 5.97 Å². The van der Waals surface area contributed by atoms with Crippen LogP contribution in [-0.4, -0.2) is 13.1 Å². The van der Waals surface area contributed by atoms with E-state index in [1.165, 1.54) is 7.11 Å². The van der Waals surface area contributed by atoms with Crippen molar-refractivity contribution in [1.82, 2.24) is 0 Å². The van der Waals surface area contributed by atoms with Crippen LogP contribution in [0.3, 0.4) is 0 Å². The summed E-state index contributed by atoms with van der Waals surface area (Å²) in [5.74, 6) is -0.340. The quantitative estimate of drug-likeness (QED) is 0.776. The maximum Gasteiger partial charge on any atom is 0.336 e. The molecular weight excluding hydrogens is 226 g/mol. The Morgan fingerprint density at radius 1 is 1.22 bits per heavy atom. The molecular formula is C15H13NO2. The van der Waals surface area contributed by atoms with Crippen LogP contribution in [0.25, 0.3) is 16.5 Å². The molecule has 0 heterocycles. The molecule has 0 spiro atoms. The Bertz CT molecular complexity index is 686. The number of fused-ring (bicyclic) bond motifs is 3. The number of rotatable bonds is 1. The van der Waals surface area contributed by atoms with Crippen molar-refractivity contribution in [2.45, 2.75) is 6.42 Å². The molecule has 0 saturated carbocycles. The SMILES string of the molecule is COC(=O)C1=C(N)c2c(ccc3ccccc23)C1. The molecule has 0 bridgehead atoms. The maximum atomic E-state index is 11.7. The monoisotopic (exact) mass is 239 g/mol. The average molecular weight is 239 g/mol. The first-order valence-electron chi connectivity index (χ1n) is 5.80. The smallest absolute Gasteiger partial charge is 0.336 e. The van der Waals surface area contributed by atoms with Gasteiger partial charge < -0.3 is 10.5 Å². The summed E-state index contributed by atoms with van der Waals surface area (Å²) in [6.07, 6.45) is 0.554. The Kier molecular flexibility index (Phi) is 2.33. The fourth-order valence-electron chi connectivity index (χ4n) is 2.52. The lowest BCUT2D eigenvalue weighted by molar-refractivity contribution is -0.136. The number of hydrogen-bond acceptors (Lipinski definition) is 3. The molecule has 3 nitrogen and oxygen atoms in total. The lowest BCUT2D eigenvalue weighted by atomic mass is 10.00. The van der Waals surface area contributed by atoms with Crippen LogP contribution in [0.1, 0.15) is 11.1 Å². The number of hydrogen-bond donors (Lipinski definition) is 1. The molecule has 0 atom stereocenters. The van der Waals surface area contributed by atoms with Crippen LogP contribution in [0.4, 0.5) is 0 Å². The normalized spacial score (nSPS) is 13.8. The van der Waals surface area contributed by atoms with E-state index in [0.717, 1.165) is 21.9 Å². The highest BCUT2D eigenvalue weighted by Gasteiger charge is 2.26. The topological polar surface area (TPSA) is 52.3 Å². The number of methoxy groups -OCH3 is 1. The second-order valence-electron chi connectivity index (χ2n) is 4.38. The van der Waals surface area contributed by atoms with Crippen molar-refractivity contribution in [3.05, 3.63) is 53.1 Å². The Balaban J connectivity index is 2.27. The molecule has 0 aliphatic heterocycles. The standard InChI is InChI=1S/C15H13NO2/c1-18-15(17)12-8-10-7-6-9-4-2-3-5-11(9)13(10)14(12)16/h2-7H,8,16H2,1H3. The van der Waals surface area contributed by atoms with Gasteiger partial charge >= 0.3 is 5.97 Å². The second-order valence-corrected chi connectivity index (χ2v) is 4.38. The molecule has 0 radical (unpaired) electrons. The van der Waals surface area contributed by atoms with Gasteiger partial charge in [-0.2, -0.15) is 0 Å². The first-order chi connectivity index (χ1) is 8.72. The zero-order valence-electron chi connectivity index (χ0n) is 10.1. The molecule has 0 saturated heterocycles. The van der Waals surface area contributed by atoms with Gasteiger partial charge in [0.1, 0.15) is 0 Å². The van der Waals surface area contributed by atoms with Gasteiger partial charge in [-0.25, -0.2) is 4.79 Å². The Morgan fingerprint density at radius 3 is 2.78 bits per heavy atom. The van der Waals surface area contributed by atoms with Crippen molar-refractivity contribution < 1.29 is 9.53 Å². The lowest BCUT2D eigenvalue weighted by Crippen LogP contribution is -2.08. The largest absolute Gasteiger partial charge is 0.466 e. The predicted octanol–water partition coefficient (Wildman–Crippen LogP) is 2.24. The molecule has 2 aromatic carbocycles. The van der Waals surface area contributed by atoms with E-state index in [9.17, 15) is 4.79 Å². The summed E-state index contributed by atoms with van der Waals surface area (Å²) in [6, 6.07) is 12.1. The molecule has 18 heavy (non-hydrogen) atoms. The van der Waals surface area contributed by atoms with Crippen LogP contribution in [0, 0.1) is 0 Å². The number of ether oxygens (including phenoxy) is 1. The summed E-state index contributed by atoms with van der Waals surface area (Å²) >= 11 is 0. The third kappa shape index (κ3) is 1.40. The molecule has 1 aliphatic rings. The van der Waals surface area contributed by atoms with Gasteiger partial charge in [0.15, 0.2) is 0 Å². The van der Waals surface area contributed by atoms with Gasteiger partial charge in [-0.1, -0.05) is 36.4 Å². The number of nitrogens with two attached hydrogens (primary N) is 1. The van der Waals surface area contributed by atoms with Gasteiger partial charge in [0.2, 0.25) is 0 Å². The molecule has 0 amide bonds. The first-order valence-corrected chi connectivity index (χ1v) is 5.80. The van der Waals surface area contributed by atoms with Gasteiger partial charge in [-0.05, 0) is 16.3 Å². The van der Waals surface area contributed by atoms with E-state index < -0.39 is 0 Å². The van der Waals surface area contributed by atoms with Crippen LogP contribution in [0.2, 0.25) is 0 Å². The van der Waals surface area contributed by atoms with Crippen LogP contribution >= 0.6 is 0 Å². The number of esters is 1. The van der Waals surface area contributed by atoms with Crippen LogP contribution in [0.15, 0.2) is 42.0 Å². The summed E-state index contributed by atoms with van der Waals surface area (Å²) in [6.45, 7) is 0. The first kappa shape index (κ1) is 10.8. The minimum Gasteiger partial charge on any atom is -0.466 e. The highest BCUT2D eigenvalue weighted by Crippen LogP contribution is 2.35. The minimum atomic E-state index is -0.340. The Morgan fingerprint density at radius 2 is 2.00 bits per heavy atom. The predicted molar refractivity (Wildman–Crippen MR) is 70.8 cm³/mol. The molecule has 90 valence electrons. The van der Waals surface area contributed by atoms with Gasteiger partial charge in [-0.3, -0.25) is 0 Å². The molecule has 2 N–H and O–H groups in total. The molecule has 0 aromatic heterocycles. The molecule has 0 unspecified atom stereocenters. The summed E-state index contributed by atoms with van der Waals surface area (Å²) in [7, 11) is 1.38. The van der Waals surface area contributed by atoms with Crippen molar-refractivity contribution in [1.29, 1.82) is 0 Å². The van der Waals surface area contributed by atoms with E-state index in [1.54, 1.807) is 0 Å². The van der Waals surface area contributed by atoms with Crippen LogP contribution in [0.5, 0.6) is 0 Å². The van der Waals surface area contributed by atoms with Crippen molar-refractivity contribution >= 4 is 22.4 Å². The van der Waals surface area contributed by atoms with Crippen molar-refractivity contribution in [3.63, 3.8) is 0 Å². The zero-order chi connectivity index (χ0) is 12.7. The summed E-state index contributed by atoms with van der Waals surface area (Å²) in [4.78, 5) is 11.7. The maximum absolute atomic E-state index is 11.7. The Hall–Kier alpha value is -2.29. The fourth-order valence-corrected chi connectivity index (χ4v) is 2.52. The third-order valence-corrected chi connectivity index (χ3v) is 3.41. The molecule has 2 aromatic rings. The van der Waals surface area contributed by atoms with Gasteiger partial charge in [0, 0.05) is 12.0 Å².